The molecule has 3 atom stereocenters. The van der Waals surface area contributed by atoms with Gasteiger partial charge >= 0.3 is 5.69 Å². The van der Waals surface area contributed by atoms with E-state index in [1.807, 2.05) is 0 Å². The third-order valence-electron chi connectivity index (χ3n) is 3.46. The van der Waals surface area contributed by atoms with Crippen LogP contribution in [-0.2, 0) is 4.74 Å². The van der Waals surface area contributed by atoms with Crippen molar-refractivity contribution in [1.29, 1.82) is 0 Å². The van der Waals surface area contributed by atoms with Crippen LogP contribution in [-0.4, -0.2) is 38.6 Å². The summed E-state index contributed by atoms with van der Waals surface area (Å²) in [5.74, 6) is 0. The van der Waals surface area contributed by atoms with Gasteiger partial charge in [-0.25, -0.2) is 4.79 Å². The standard InChI is InChI=1S/C12H18N2O4/c1-7-4-5-14(11(17)13-7)10-12(2,3)9(16)8(6-15)18-10/h4-5,8-10,15-16H,6H2,1-3H3/t8-,9+,10-/m1/s1. The van der Waals surface area contributed by atoms with Gasteiger partial charge < -0.3 is 14.9 Å². The molecule has 0 amide bonds. The number of aromatic nitrogens is 2. The van der Waals surface area contributed by atoms with E-state index in [0.717, 1.165) is 0 Å². The van der Waals surface area contributed by atoms with Crippen LogP contribution < -0.4 is 5.69 Å². The van der Waals surface area contributed by atoms with Crippen molar-refractivity contribution in [3.05, 3.63) is 28.4 Å². The Morgan fingerprint density at radius 3 is 2.72 bits per heavy atom. The fraction of sp³-hybridized carbons (Fsp3) is 0.667. The molecule has 1 saturated heterocycles. The van der Waals surface area contributed by atoms with Crippen LogP contribution in [0.25, 0.3) is 0 Å². The maximum atomic E-state index is 11.8. The van der Waals surface area contributed by atoms with E-state index >= 15 is 0 Å². The van der Waals surface area contributed by atoms with Crippen LogP contribution in [0.2, 0.25) is 0 Å². The molecule has 6 heteroatoms. The quantitative estimate of drug-likeness (QED) is 0.765. The predicted molar refractivity (Wildman–Crippen MR) is 64.0 cm³/mol. The summed E-state index contributed by atoms with van der Waals surface area (Å²) >= 11 is 0. The Balaban J connectivity index is 2.42. The Labute approximate surface area is 105 Å². The van der Waals surface area contributed by atoms with Gasteiger partial charge in [-0.15, -0.1) is 0 Å². The first-order chi connectivity index (χ1) is 8.37. The Morgan fingerprint density at radius 1 is 1.56 bits per heavy atom. The zero-order chi connectivity index (χ0) is 13.5. The normalized spacial score (nSPS) is 30.6. The molecular weight excluding hydrogens is 236 g/mol. The summed E-state index contributed by atoms with van der Waals surface area (Å²) in [4.78, 5) is 15.7. The van der Waals surface area contributed by atoms with Crippen LogP contribution in [0, 0.1) is 12.3 Å². The molecule has 6 nitrogen and oxygen atoms in total. The fourth-order valence-corrected chi connectivity index (χ4v) is 2.28. The van der Waals surface area contributed by atoms with Crippen molar-refractivity contribution < 1.29 is 14.9 Å². The lowest BCUT2D eigenvalue weighted by Gasteiger charge is -2.28. The van der Waals surface area contributed by atoms with Crippen LogP contribution in [0.3, 0.4) is 0 Å². The molecule has 0 aliphatic carbocycles. The highest BCUT2D eigenvalue weighted by Crippen LogP contribution is 2.44. The second-order valence-corrected chi connectivity index (χ2v) is 5.23. The van der Waals surface area contributed by atoms with Crippen molar-refractivity contribution in [2.45, 2.75) is 39.2 Å². The number of rotatable bonds is 2. The smallest absolute Gasteiger partial charge is 0.349 e. The van der Waals surface area contributed by atoms with Crippen molar-refractivity contribution in [2.24, 2.45) is 5.41 Å². The number of hydrogen-bond donors (Lipinski definition) is 2. The van der Waals surface area contributed by atoms with Gasteiger partial charge in [-0.1, -0.05) is 13.8 Å². The molecule has 0 spiro atoms. The van der Waals surface area contributed by atoms with Gasteiger partial charge in [0.1, 0.15) is 12.3 Å². The lowest BCUT2D eigenvalue weighted by atomic mass is 9.84. The average Bonchev–Trinajstić information content (AvgIpc) is 2.52. The molecule has 2 rings (SSSR count). The van der Waals surface area contributed by atoms with Gasteiger partial charge in [0.05, 0.1) is 12.7 Å². The molecule has 100 valence electrons. The van der Waals surface area contributed by atoms with Crippen molar-refractivity contribution in [3.63, 3.8) is 0 Å². The summed E-state index contributed by atoms with van der Waals surface area (Å²) in [7, 11) is 0. The summed E-state index contributed by atoms with van der Waals surface area (Å²) in [5.41, 5.74) is -0.459. The van der Waals surface area contributed by atoms with Gasteiger partial charge in [0.2, 0.25) is 0 Å². The van der Waals surface area contributed by atoms with Gasteiger partial charge in [0.25, 0.3) is 0 Å². The van der Waals surface area contributed by atoms with Crippen molar-refractivity contribution >= 4 is 0 Å². The second-order valence-electron chi connectivity index (χ2n) is 5.23. The van der Waals surface area contributed by atoms with Crippen molar-refractivity contribution in [3.8, 4) is 0 Å². The molecule has 18 heavy (non-hydrogen) atoms. The highest BCUT2D eigenvalue weighted by Gasteiger charge is 2.50. The number of aryl methyl sites for hydroxylation is 1. The van der Waals surface area contributed by atoms with E-state index in [-0.39, 0.29) is 6.61 Å². The minimum atomic E-state index is -0.833. The van der Waals surface area contributed by atoms with E-state index in [1.165, 1.54) is 4.57 Å². The molecule has 0 bridgehead atoms. The molecule has 2 heterocycles. The molecule has 1 aliphatic rings. The van der Waals surface area contributed by atoms with Gasteiger partial charge in [0.15, 0.2) is 0 Å². The molecule has 1 aromatic rings. The zero-order valence-corrected chi connectivity index (χ0v) is 10.7. The van der Waals surface area contributed by atoms with Crippen LogP contribution in [0.1, 0.15) is 25.8 Å². The lowest BCUT2D eigenvalue weighted by molar-refractivity contribution is -0.0530. The van der Waals surface area contributed by atoms with E-state index in [1.54, 1.807) is 33.0 Å². The summed E-state index contributed by atoms with van der Waals surface area (Å²) in [5, 5.41) is 19.2. The average molecular weight is 254 g/mol. The molecule has 1 aromatic heterocycles. The molecule has 1 aliphatic heterocycles. The number of ether oxygens (including phenoxy) is 1. The number of nitrogens with zero attached hydrogens (tertiary/aromatic N) is 2. The lowest BCUT2D eigenvalue weighted by Crippen LogP contribution is -2.38. The topological polar surface area (TPSA) is 84.6 Å². The minimum absolute atomic E-state index is 0.283. The highest BCUT2D eigenvalue weighted by atomic mass is 16.5. The van der Waals surface area contributed by atoms with E-state index in [0.29, 0.717) is 5.69 Å². The molecule has 0 radical (unpaired) electrons. The Bertz CT molecular complexity index is 497. The summed E-state index contributed by atoms with van der Waals surface area (Å²) in [6.45, 7) is 5.04. The highest BCUT2D eigenvalue weighted by molar-refractivity contribution is 5.01. The number of aliphatic hydroxyl groups is 2. The first-order valence-electron chi connectivity index (χ1n) is 5.88. The first-order valence-corrected chi connectivity index (χ1v) is 5.88. The molecule has 0 aromatic carbocycles. The summed E-state index contributed by atoms with van der Waals surface area (Å²) in [6, 6.07) is 1.71. The molecule has 0 saturated carbocycles. The predicted octanol–water partition coefficient (Wildman–Crippen LogP) is -0.171. The van der Waals surface area contributed by atoms with Crippen LogP contribution in [0.15, 0.2) is 17.1 Å². The van der Waals surface area contributed by atoms with Crippen LogP contribution in [0.4, 0.5) is 0 Å². The van der Waals surface area contributed by atoms with E-state index in [9.17, 15) is 9.90 Å². The SMILES string of the molecule is Cc1ccn([C@@H]2O[C@H](CO)[C@H](O)C2(C)C)c(=O)n1. The van der Waals surface area contributed by atoms with Crippen molar-refractivity contribution in [2.75, 3.05) is 6.61 Å². The van der Waals surface area contributed by atoms with Crippen LogP contribution in [0.5, 0.6) is 0 Å². The maximum Gasteiger partial charge on any atom is 0.349 e. The third kappa shape index (κ3) is 1.96. The Hall–Kier alpha value is -1.24. The van der Waals surface area contributed by atoms with Gasteiger partial charge in [0, 0.05) is 17.3 Å². The minimum Gasteiger partial charge on any atom is -0.394 e. The Morgan fingerprint density at radius 2 is 2.22 bits per heavy atom. The van der Waals surface area contributed by atoms with E-state index in [4.69, 9.17) is 9.84 Å². The molecule has 1 fully saturated rings. The largest absolute Gasteiger partial charge is 0.394 e. The monoisotopic (exact) mass is 254 g/mol. The van der Waals surface area contributed by atoms with Gasteiger partial charge in [-0.2, -0.15) is 4.98 Å². The summed E-state index contributed by atoms with van der Waals surface area (Å²) < 4.78 is 6.92. The van der Waals surface area contributed by atoms with Crippen LogP contribution >= 0.6 is 0 Å². The molecule has 0 unspecified atom stereocenters. The zero-order valence-electron chi connectivity index (χ0n) is 10.7. The maximum absolute atomic E-state index is 11.8. The second kappa shape index (κ2) is 4.46. The number of hydrogen-bond acceptors (Lipinski definition) is 5. The molecular formula is C12H18N2O4. The number of aliphatic hydroxyl groups excluding tert-OH is 2. The van der Waals surface area contributed by atoms with Crippen molar-refractivity contribution in [1.82, 2.24) is 9.55 Å². The fourth-order valence-electron chi connectivity index (χ4n) is 2.28. The third-order valence-corrected chi connectivity index (χ3v) is 3.46. The van der Waals surface area contributed by atoms with E-state index < -0.39 is 29.5 Å². The summed E-state index contributed by atoms with van der Waals surface area (Å²) in [6.07, 6.45) is -0.548. The Kier molecular flexibility index (Phi) is 3.27. The van der Waals surface area contributed by atoms with Gasteiger partial charge in [-0.05, 0) is 13.0 Å². The van der Waals surface area contributed by atoms with Gasteiger partial charge in [-0.3, -0.25) is 4.57 Å². The molecule has 2 N–H and O–H groups in total. The van der Waals surface area contributed by atoms with E-state index in [2.05, 4.69) is 4.98 Å². The first kappa shape index (κ1) is 13.2.